The van der Waals surface area contributed by atoms with Gasteiger partial charge in [0.1, 0.15) is 0 Å². The number of carboxylic acids is 1. The van der Waals surface area contributed by atoms with Gasteiger partial charge in [0.15, 0.2) is 0 Å². The summed E-state index contributed by atoms with van der Waals surface area (Å²) < 4.78 is 25.2. The minimum atomic E-state index is -3.35. The van der Waals surface area contributed by atoms with Gasteiger partial charge >= 0.3 is 12.0 Å². The molecule has 1 aliphatic rings. The molecule has 1 aliphatic heterocycles. The zero-order valence-electron chi connectivity index (χ0n) is 12.3. The number of nitrogens with one attached hydrogen (secondary N) is 2. The Morgan fingerprint density at radius 1 is 1.38 bits per heavy atom. The van der Waals surface area contributed by atoms with Gasteiger partial charge in [0, 0.05) is 25.7 Å². The van der Waals surface area contributed by atoms with E-state index in [2.05, 4.69) is 10.0 Å². The second-order valence-corrected chi connectivity index (χ2v) is 7.08. The van der Waals surface area contributed by atoms with Crippen molar-refractivity contribution >= 4 is 22.0 Å². The summed E-state index contributed by atoms with van der Waals surface area (Å²) in [6, 6.07) is -0.525. The molecule has 0 aromatic heterocycles. The number of urea groups is 1. The topological polar surface area (TPSA) is 116 Å². The van der Waals surface area contributed by atoms with Crippen molar-refractivity contribution < 1.29 is 23.1 Å². The molecule has 0 saturated carbocycles. The van der Waals surface area contributed by atoms with Crippen LogP contribution >= 0.6 is 0 Å². The van der Waals surface area contributed by atoms with Crippen molar-refractivity contribution in [1.29, 1.82) is 0 Å². The highest BCUT2D eigenvalue weighted by atomic mass is 32.2. The normalized spacial score (nSPS) is 22.9. The molecule has 3 N–H and O–H groups in total. The average molecular weight is 321 g/mol. The van der Waals surface area contributed by atoms with Gasteiger partial charge in [0.2, 0.25) is 10.0 Å². The monoisotopic (exact) mass is 321 g/mol. The van der Waals surface area contributed by atoms with Crippen LogP contribution in [0.15, 0.2) is 0 Å². The van der Waals surface area contributed by atoms with Crippen LogP contribution in [0, 0.1) is 5.92 Å². The van der Waals surface area contributed by atoms with E-state index in [1.165, 1.54) is 0 Å². The lowest BCUT2D eigenvalue weighted by molar-refractivity contribution is -0.143. The van der Waals surface area contributed by atoms with Crippen LogP contribution in [-0.2, 0) is 14.8 Å². The fraction of sp³-hybridized carbons (Fsp3) is 0.833. The van der Waals surface area contributed by atoms with Crippen LogP contribution in [0.2, 0.25) is 0 Å². The number of carboxylic acid groups (broad SMARTS) is 1. The summed E-state index contributed by atoms with van der Waals surface area (Å²) in [6.45, 7) is 4.19. The molecule has 9 heteroatoms. The molecule has 0 radical (unpaired) electrons. The summed E-state index contributed by atoms with van der Waals surface area (Å²) in [7, 11) is -3.35. The molecule has 2 unspecified atom stereocenters. The molecule has 8 nitrogen and oxygen atoms in total. The van der Waals surface area contributed by atoms with Crippen molar-refractivity contribution in [2.24, 2.45) is 5.92 Å². The van der Waals surface area contributed by atoms with E-state index >= 15 is 0 Å². The van der Waals surface area contributed by atoms with Crippen LogP contribution in [0.5, 0.6) is 0 Å². The lowest BCUT2D eigenvalue weighted by Gasteiger charge is -2.36. The first-order valence-corrected chi connectivity index (χ1v) is 8.66. The second kappa shape index (κ2) is 7.60. The maximum Gasteiger partial charge on any atom is 0.317 e. The van der Waals surface area contributed by atoms with Gasteiger partial charge in [-0.05, 0) is 19.8 Å². The Kier molecular flexibility index (Phi) is 6.41. The van der Waals surface area contributed by atoms with Gasteiger partial charge in [0.05, 0.1) is 11.7 Å². The van der Waals surface area contributed by atoms with Gasteiger partial charge < -0.3 is 15.3 Å². The van der Waals surface area contributed by atoms with E-state index in [9.17, 15) is 18.0 Å². The van der Waals surface area contributed by atoms with Crippen molar-refractivity contribution in [3.05, 3.63) is 0 Å². The summed E-state index contributed by atoms with van der Waals surface area (Å²) in [5, 5.41) is 11.5. The molecule has 0 aromatic carbocycles. The van der Waals surface area contributed by atoms with E-state index in [4.69, 9.17) is 5.11 Å². The van der Waals surface area contributed by atoms with Gasteiger partial charge in [-0.25, -0.2) is 17.9 Å². The van der Waals surface area contributed by atoms with Crippen LogP contribution < -0.4 is 10.0 Å². The molecule has 1 saturated heterocycles. The van der Waals surface area contributed by atoms with E-state index in [-0.39, 0.29) is 24.4 Å². The van der Waals surface area contributed by atoms with E-state index in [0.29, 0.717) is 25.9 Å². The van der Waals surface area contributed by atoms with Crippen LogP contribution in [0.4, 0.5) is 4.79 Å². The Hall–Kier alpha value is -1.35. The molecule has 0 spiro atoms. The zero-order valence-corrected chi connectivity index (χ0v) is 13.1. The van der Waals surface area contributed by atoms with E-state index in [1.807, 2.05) is 0 Å². The molecule has 122 valence electrons. The smallest absolute Gasteiger partial charge is 0.317 e. The Bertz CT molecular complexity index is 479. The third-order valence-corrected chi connectivity index (χ3v) is 4.97. The predicted octanol–water partition coefficient (Wildman–Crippen LogP) is -0.180. The number of hydrogen-bond acceptors (Lipinski definition) is 4. The molecule has 1 fully saturated rings. The highest BCUT2D eigenvalue weighted by molar-refractivity contribution is 7.89. The molecule has 0 aliphatic carbocycles. The minimum Gasteiger partial charge on any atom is -0.481 e. The number of amides is 2. The van der Waals surface area contributed by atoms with Crippen LogP contribution in [0.25, 0.3) is 0 Å². The van der Waals surface area contributed by atoms with Gasteiger partial charge in [-0.1, -0.05) is 6.92 Å². The minimum absolute atomic E-state index is 0.0275. The molecule has 2 atom stereocenters. The summed E-state index contributed by atoms with van der Waals surface area (Å²) >= 11 is 0. The number of sulfonamides is 1. The van der Waals surface area contributed by atoms with Crippen molar-refractivity contribution in [2.75, 3.05) is 25.4 Å². The lowest BCUT2D eigenvalue weighted by atomic mass is 9.92. The molecular formula is C12H23N3O5S. The SMILES string of the molecule is CCNS(=O)(=O)CCNC(=O)N1CCC(C(=O)O)CC1C. The molecule has 0 bridgehead atoms. The second-order valence-electron chi connectivity index (χ2n) is 5.15. The fourth-order valence-corrected chi connectivity index (χ4v) is 3.34. The maximum atomic E-state index is 12.0. The quantitative estimate of drug-likeness (QED) is 0.627. The van der Waals surface area contributed by atoms with Gasteiger partial charge in [-0.2, -0.15) is 0 Å². The van der Waals surface area contributed by atoms with Crippen molar-refractivity contribution in [3.63, 3.8) is 0 Å². The number of piperidine rings is 1. The molecular weight excluding hydrogens is 298 g/mol. The Labute approximate surface area is 124 Å². The number of likely N-dealkylation sites (tertiary alicyclic amines) is 1. The summed E-state index contributed by atoms with van der Waals surface area (Å²) in [5.41, 5.74) is 0. The largest absolute Gasteiger partial charge is 0.481 e. The molecule has 1 rings (SSSR count). The number of hydrogen-bond donors (Lipinski definition) is 3. The van der Waals surface area contributed by atoms with Crippen molar-refractivity contribution in [3.8, 4) is 0 Å². The van der Waals surface area contributed by atoms with Crippen molar-refractivity contribution in [1.82, 2.24) is 14.9 Å². The third-order valence-electron chi connectivity index (χ3n) is 3.50. The number of carbonyl (C=O) groups excluding carboxylic acids is 1. The van der Waals surface area contributed by atoms with Gasteiger partial charge in [0.25, 0.3) is 0 Å². The molecule has 2 amide bonds. The third kappa shape index (κ3) is 5.50. The summed E-state index contributed by atoms with van der Waals surface area (Å²) in [6.07, 6.45) is 0.835. The van der Waals surface area contributed by atoms with Gasteiger partial charge in [-0.15, -0.1) is 0 Å². The fourth-order valence-electron chi connectivity index (χ4n) is 2.38. The zero-order chi connectivity index (χ0) is 16.0. The first kappa shape index (κ1) is 17.7. The number of aliphatic carboxylic acids is 1. The van der Waals surface area contributed by atoms with Crippen molar-refractivity contribution in [2.45, 2.75) is 32.7 Å². The molecule has 21 heavy (non-hydrogen) atoms. The molecule has 0 aromatic rings. The van der Waals surface area contributed by atoms with Crippen LogP contribution in [-0.4, -0.2) is 61.9 Å². The Balaban J connectivity index is 2.41. The van der Waals surface area contributed by atoms with Gasteiger partial charge in [-0.3, -0.25) is 4.79 Å². The summed E-state index contributed by atoms with van der Waals surface area (Å²) in [5.74, 6) is -1.43. The highest BCUT2D eigenvalue weighted by Gasteiger charge is 2.32. The first-order chi connectivity index (χ1) is 9.76. The maximum absolute atomic E-state index is 12.0. The van der Waals surface area contributed by atoms with E-state index < -0.39 is 21.9 Å². The molecule has 1 heterocycles. The summed E-state index contributed by atoms with van der Waals surface area (Å²) in [4.78, 5) is 24.5. The van der Waals surface area contributed by atoms with Crippen LogP contribution in [0.1, 0.15) is 26.7 Å². The van der Waals surface area contributed by atoms with Crippen LogP contribution in [0.3, 0.4) is 0 Å². The highest BCUT2D eigenvalue weighted by Crippen LogP contribution is 2.22. The predicted molar refractivity (Wildman–Crippen MR) is 77.4 cm³/mol. The van der Waals surface area contributed by atoms with E-state index in [0.717, 1.165) is 0 Å². The number of nitrogens with zero attached hydrogens (tertiary/aromatic N) is 1. The average Bonchev–Trinajstić information content (AvgIpc) is 2.37. The number of rotatable bonds is 6. The Morgan fingerprint density at radius 2 is 2.05 bits per heavy atom. The van der Waals surface area contributed by atoms with E-state index in [1.54, 1.807) is 18.7 Å². The first-order valence-electron chi connectivity index (χ1n) is 7.01. The number of carbonyl (C=O) groups is 2. The Morgan fingerprint density at radius 3 is 2.57 bits per heavy atom. The standard InChI is InChI=1S/C12H23N3O5S/c1-3-14-21(19,20)7-5-13-12(18)15-6-4-10(11(16)17)8-9(15)2/h9-10,14H,3-8H2,1-2H3,(H,13,18)(H,16,17). The lowest BCUT2D eigenvalue weighted by Crippen LogP contribution is -2.51.